The molecule has 3 aromatic rings. The van der Waals surface area contributed by atoms with Crippen molar-refractivity contribution in [3.05, 3.63) is 76.1 Å². The van der Waals surface area contributed by atoms with Crippen LogP contribution in [-0.2, 0) is 17.5 Å². The average molecular weight is 583 g/mol. The zero-order valence-electron chi connectivity index (χ0n) is 20.7. The summed E-state index contributed by atoms with van der Waals surface area (Å²) in [6, 6.07) is 4.03. The normalized spacial score (nSPS) is 17.4. The Hall–Kier alpha value is -4.00. The van der Waals surface area contributed by atoms with Gasteiger partial charge >= 0.3 is 12.1 Å². The van der Waals surface area contributed by atoms with Crippen LogP contribution in [0.5, 0.6) is 5.75 Å². The van der Waals surface area contributed by atoms with Crippen LogP contribution in [0.4, 0.5) is 17.6 Å². The maximum atomic E-state index is 14.3. The van der Waals surface area contributed by atoms with E-state index in [2.05, 4.69) is 10.1 Å². The van der Waals surface area contributed by atoms with Gasteiger partial charge in [0, 0.05) is 12.7 Å². The molecule has 1 aliphatic rings. The van der Waals surface area contributed by atoms with Crippen molar-refractivity contribution >= 4 is 29.3 Å². The summed E-state index contributed by atoms with van der Waals surface area (Å²) >= 11 is 6.00. The summed E-state index contributed by atoms with van der Waals surface area (Å²) in [5.74, 6) is -4.89. The smallest absolute Gasteiger partial charge is 0.433 e. The number of nitrogens with zero attached hydrogens (tertiary/aromatic N) is 4. The number of carboxylic acids is 1. The summed E-state index contributed by atoms with van der Waals surface area (Å²) in [6.45, 7) is -1.15. The molecule has 0 atom stereocenters. The number of carbonyl (C=O) groups is 3. The van der Waals surface area contributed by atoms with Gasteiger partial charge in [0.05, 0.1) is 47.0 Å². The first-order chi connectivity index (χ1) is 18.9. The Morgan fingerprint density at radius 2 is 1.70 bits per heavy atom. The van der Waals surface area contributed by atoms with Crippen molar-refractivity contribution in [2.75, 3.05) is 6.54 Å². The van der Waals surface area contributed by atoms with E-state index in [9.17, 15) is 42.2 Å². The highest BCUT2D eigenvalue weighted by atomic mass is 35.5. The van der Waals surface area contributed by atoms with Crippen molar-refractivity contribution < 1.29 is 42.2 Å². The number of alkyl halides is 3. The van der Waals surface area contributed by atoms with E-state index in [1.807, 2.05) is 0 Å². The SMILES string of the molecule is O=C(CN(Cc1ccc(F)cc1)C(=O)c1cnn([C@H]2CC[C@H](C(=O)O)CC2)c1C(F)(F)F)c1c(O)cncc1Cl. The fourth-order valence-electron chi connectivity index (χ4n) is 4.78. The standard InChI is InChI=1S/C26H23ClF4N4O5/c27-19-10-32-11-20(36)22(19)21(37)13-34(12-14-1-5-16(28)6-2-14)24(38)18-9-33-35(23(18)26(29,30)31)17-7-3-15(4-8-17)25(39)40/h1-2,5-6,9-11,15,17,36H,3-4,7-8,12-13H2,(H,39,40)/t15-,17-. The van der Waals surface area contributed by atoms with Gasteiger partial charge in [-0.25, -0.2) is 4.39 Å². The molecule has 0 saturated heterocycles. The number of benzene rings is 1. The van der Waals surface area contributed by atoms with Gasteiger partial charge in [-0.3, -0.25) is 24.0 Å². The van der Waals surface area contributed by atoms with Gasteiger partial charge in [0.25, 0.3) is 5.91 Å². The fourth-order valence-corrected chi connectivity index (χ4v) is 5.04. The van der Waals surface area contributed by atoms with Gasteiger partial charge in [-0.15, -0.1) is 0 Å². The molecule has 1 aromatic carbocycles. The number of Topliss-reactive ketones (excluding diaryl/α,β-unsaturated/α-hetero) is 1. The fraction of sp³-hybridized carbons (Fsp3) is 0.346. The summed E-state index contributed by atoms with van der Waals surface area (Å²) in [5, 5.41) is 22.9. The van der Waals surface area contributed by atoms with Gasteiger partial charge in [-0.1, -0.05) is 23.7 Å². The predicted octanol–water partition coefficient (Wildman–Crippen LogP) is 5.14. The van der Waals surface area contributed by atoms with Crippen molar-refractivity contribution in [2.45, 2.75) is 44.4 Å². The second-order valence-corrected chi connectivity index (χ2v) is 9.83. The number of carbonyl (C=O) groups excluding carboxylic acids is 2. The third-order valence-corrected chi connectivity index (χ3v) is 7.04. The quantitative estimate of drug-likeness (QED) is 0.278. The molecular weight excluding hydrogens is 560 g/mol. The van der Waals surface area contributed by atoms with Crippen molar-refractivity contribution in [1.29, 1.82) is 0 Å². The molecule has 1 saturated carbocycles. The molecule has 2 aromatic heterocycles. The van der Waals surface area contributed by atoms with Gasteiger partial charge < -0.3 is 15.1 Å². The highest BCUT2D eigenvalue weighted by Gasteiger charge is 2.43. The van der Waals surface area contributed by atoms with Gasteiger partial charge in [0.1, 0.15) is 11.6 Å². The molecule has 2 N–H and O–H groups in total. The van der Waals surface area contributed by atoms with Crippen LogP contribution in [0.2, 0.25) is 5.02 Å². The van der Waals surface area contributed by atoms with E-state index >= 15 is 0 Å². The van der Waals surface area contributed by atoms with Crippen LogP contribution in [0.1, 0.15) is 63.7 Å². The van der Waals surface area contributed by atoms with Crippen LogP contribution in [0.25, 0.3) is 0 Å². The van der Waals surface area contributed by atoms with E-state index in [-0.39, 0.29) is 42.8 Å². The maximum Gasteiger partial charge on any atom is 0.433 e. The predicted molar refractivity (Wildman–Crippen MR) is 132 cm³/mol. The molecule has 2 heterocycles. The molecule has 0 bridgehead atoms. The number of aliphatic carboxylic acids is 1. The summed E-state index contributed by atoms with van der Waals surface area (Å²) in [4.78, 5) is 42.4. The monoisotopic (exact) mass is 582 g/mol. The van der Waals surface area contributed by atoms with Crippen LogP contribution < -0.4 is 0 Å². The first-order valence-corrected chi connectivity index (χ1v) is 12.5. The zero-order chi connectivity index (χ0) is 29.2. The lowest BCUT2D eigenvalue weighted by Gasteiger charge is -2.28. The number of carboxylic acid groups (broad SMARTS) is 1. The molecule has 9 nitrogen and oxygen atoms in total. The largest absolute Gasteiger partial charge is 0.506 e. The molecule has 4 rings (SSSR count). The number of aromatic hydroxyl groups is 1. The van der Waals surface area contributed by atoms with Gasteiger partial charge in [0.15, 0.2) is 11.5 Å². The minimum atomic E-state index is -5.01. The number of ketones is 1. The molecule has 1 fully saturated rings. The number of hydrogen-bond acceptors (Lipinski definition) is 6. The van der Waals surface area contributed by atoms with Gasteiger partial charge in [-0.05, 0) is 43.4 Å². The first-order valence-electron chi connectivity index (χ1n) is 12.1. The number of aromatic nitrogens is 3. The average Bonchev–Trinajstić information content (AvgIpc) is 3.35. The Bertz CT molecular complexity index is 1400. The Balaban J connectivity index is 1.70. The molecule has 1 aliphatic carbocycles. The third-order valence-electron chi connectivity index (χ3n) is 6.75. The molecule has 0 unspecified atom stereocenters. The van der Waals surface area contributed by atoms with E-state index in [0.29, 0.717) is 10.2 Å². The third kappa shape index (κ3) is 6.24. The lowest BCUT2D eigenvalue weighted by molar-refractivity contribution is -0.147. The van der Waals surface area contributed by atoms with Crippen molar-refractivity contribution in [3.63, 3.8) is 0 Å². The number of rotatable bonds is 8. The molecule has 0 spiro atoms. The van der Waals surface area contributed by atoms with E-state index in [1.165, 1.54) is 12.1 Å². The highest BCUT2D eigenvalue weighted by molar-refractivity contribution is 6.34. The van der Waals surface area contributed by atoms with Crippen molar-refractivity contribution in [3.8, 4) is 5.75 Å². The van der Waals surface area contributed by atoms with Crippen molar-refractivity contribution in [2.24, 2.45) is 5.92 Å². The summed E-state index contributed by atoms with van der Waals surface area (Å²) in [7, 11) is 0. The molecule has 0 aliphatic heterocycles. The van der Waals surface area contributed by atoms with E-state index in [4.69, 9.17) is 11.6 Å². The maximum absolute atomic E-state index is 14.3. The van der Waals surface area contributed by atoms with E-state index < -0.39 is 65.2 Å². The summed E-state index contributed by atoms with van der Waals surface area (Å²) in [5.41, 5.74) is -2.18. The van der Waals surface area contributed by atoms with Gasteiger partial charge in [0.2, 0.25) is 0 Å². The first kappa shape index (κ1) is 29.0. The Kier molecular flexibility index (Phi) is 8.43. The lowest BCUT2D eigenvalue weighted by Crippen LogP contribution is -2.36. The molecule has 40 heavy (non-hydrogen) atoms. The van der Waals surface area contributed by atoms with E-state index in [1.54, 1.807) is 0 Å². The summed E-state index contributed by atoms with van der Waals surface area (Å²) < 4.78 is 57.2. The van der Waals surface area contributed by atoms with Crippen LogP contribution in [0.15, 0.2) is 42.9 Å². The van der Waals surface area contributed by atoms with Gasteiger partial charge in [-0.2, -0.15) is 18.3 Å². The second kappa shape index (κ2) is 11.6. The topological polar surface area (TPSA) is 126 Å². The Morgan fingerprint density at radius 3 is 2.27 bits per heavy atom. The number of pyridine rings is 1. The Labute approximate surface area is 230 Å². The van der Waals surface area contributed by atoms with Crippen LogP contribution in [-0.4, -0.2) is 54.1 Å². The van der Waals surface area contributed by atoms with E-state index in [0.717, 1.165) is 35.6 Å². The molecule has 14 heteroatoms. The molecule has 0 radical (unpaired) electrons. The zero-order valence-corrected chi connectivity index (χ0v) is 21.5. The molecule has 1 amide bonds. The molecular formula is C26H23ClF4N4O5. The van der Waals surface area contributed by atoms with Crippen molar-refractivity contribution in [1.82, 2.24) is 19.7 Å². The van der Waals surface area contributed by atoms with Crippen LogP contribution >= 0.6 is 11.6 Å². The van der Waals surface area contributed by atoms with Crippen LogP contribution in [0, 0.1) is 11.7 Å². The minimum Gasteiger partial charge on any atom is -0.506 e. The number of amides is 1. The highest BCUT2D eigenvalue weighted by Crippen LogP contribution is 2.39. The van der Waals surface area contributed by atoms with Crippen LogP contribution in [0.3, 0.4) is 0 Å². The number of halogens is 5. The number of hydrogen-bond donors (Lipinski definition) is 2. The summed E-state index contributed by atoms with van der Waals surface area (Å²) in [6.07, 6.45) is -1.65. The minimum absolute atomic E-state index is 0.118. The second-order valence-electron chi connectivity index (χ2n) is 9.42. The molecule has 212 valence electrons. The lowest BCUT2D eigenvalue weighted by atomic mass is 9.86. The Morgan fingerprint density at radius 1 is 1.05 bits per heavy atom.